The lowest BCUT2D eigenvalue weighted by molar-refractivity contribution is -0.0979. The molecule has 0 bridgehead atoms. The van der Waals surface area contributed by atoms with Crippen LogP contribution in [0.5, 0.6) is 0 Å². The predicted molar refractivity (Wildman–Crippen MR) is 124 cm³/mol. The molecule has 1 fully saturated rings. The first-order valence-corrected chi connectivity index (χ1v) is 11.0. The van der Waals surface area contributed by atoms with Gasteiger partial charge in [-0.2, -0.15) is 0 Å². The van der Waals surface area contributed by atoms with Crippen molar-refractivity contribution in [3.63, 3.8) is 0 Å². The summed E-state index contributed by atoms with van der Waals surface area (Å²) < 4.78 is 6.20. The summed E-state index contributed by atoms with van der Waals surface area (Å²) in [6.45, 7) is 9.49. The van der Waals surface area contributed by atoms with Gasteiger partial charge in [-0.05, 0) is 69.3 Å². The maximum Gasteiger partial charge on any atom is 0.0660 e. The number of anilines is 1. The SMILES string of the molecule is CC[C@@]1(C)C[C@@](CCNCc2ccc(N(C)C)cc2)(c2ccc(C)cc2)CCO1. The van der Waals surface area contributed by atoms with Crippen LogP contribution in [0.4, 0.5) is 5.69 Å². The Morgan fingerprint density at radius 2 is 1.72 bits per heavy atom. The molecule has 3 rings (SSSR count). The number of aryl methyl sites for hydroxylation is 1. The third-order valence-corrected chi connectivity index (χ3v) is 6.72. The molecule has 2 atom stereocenters. The molecule has 2 aromatic carbocycles. The molecule has 1 saturated heterocycles. The second-order valence-electron chi connectivity index (χ2n) is 9.21. The fourth-order valence-electron chi connectivity index (χ4n) is 4.56. The van der Waals surface area contributed by atoms with Crippen molar-refractivity contribution in [2.45, 2.75) is 64.0 Å². The lowest BCUT2D eigenvalue weighted by atomic mass is 9.66. The third kappa shape index (κ3) is 5.40. The van der Waals surface area contributed by atoms with E-state index in [2.05, 4.69) is 93.6 Å². The van der Waals surface area contributed by atoms with E-state index < -0.39 is 0 Å². The van der Waals surface area contributed by atoms with E-state index in [0.29, 0.717) is 0 Å². The Morgan fingerprint density at radius 3 is 2.34 bits per heavy atom. The molecule has 0 aliphatic carbocycles. The zero-order valence-electron chi connectivity index (χ0n) is 18.9. The number of benzene rings is 2. The highest BCUT2D eigenvalue weighted by molar-refractivity contribution is 5.46. The topological polar surface area (TPSA) is 24.5 Å². The summed E-state index contributed by atoms with van der Waals surface area (Å²) in [5.74, 6) is 0. The number of hydrogen-bond donors (Lipinski definition) is 1. The molecule has 1 heterocycles. The van der Waals surface area contributed by atoms with Gasteiger partial charge in [0.1, 0.15) is 0 Å². The van der Waals surface area contributed by atoms with Gasteiger partial charge in [0, 0.05) is 38.3 Å². The van der Waals surface area contributed by atoms with Crippen LogP contribution in [0.3, 0.4) is 0 Å². The van der Waals surface area contributed by atoms with Gasteiger partial charge in [0.2, 0.25) is 0 Å². The lowest BCUT2D eigenvalue weighted by Crippen LogP contribution is -2.46. The normalized spacial score (nSPS) is 24.4. The van der Waals surface area contributed by atoms with Gasteiger partial charge in [-0.1, -0.05) is 48.9 Å². The van der Waals surface area contributed by atoms with E-state index >= 15 is 0 Å². The monoisotopic (exact) mass is 394 g/mol. The smallest absolute Gasteiger partial charge is 0.0660 e. The molecule has 1 aliphatic rings. The first-order valence-electron chi connectivity index (χ1n) is 11.0. The van der Waals surface area contributed by atoms with Crippen molar-refractivity contribution < 1.29 is 4.74 Å². The second kappa shape index (κ2) is 9.32. The maximum absolute atomic E-state index is 6.20. The molecule has 0 aromatic heterocycles. The van der Waals surface area contributed by atoms with E-state index in [1.54, 1.807) is 0 Å². The number of rotatable bonds is 8. The van der Waals surface area contributed by atoms with E-state index in [-0.39, 0.29) is 11.0 Å². The maximum atomic E-state index is 6.20. The van der Waals surface area contributed by atoms with Gasteiger partial charge in [0.05, 0.1) is 5.60 Å². The molecule has 3 nitrogen and oxygen atoms in total. The molecular weight excluding hydrogens is 356 g/mol. The molecule has 158 valence electrons. The molecule has 1 N–H and O–H groups in total. The van der Waals surface area contributed by atoms with Crippen LogP contribution >= 0.6 is 0 Å². The highest BCUT2D eigenvalue weighted by atomic mass is 16.5. The zero-order valence-corrected chi connectivity index (χ0v) is 18.9. The Hall–Kier alpha value is -1.84. The van der Waals surface area contributed by atoms with Gasteiger partial charge < -0.3 is 15.0 Å². The summed E-state index contributed by atoms with van der Waals surface area (Å²) in [5, 5.41) is 3.69. The van der Waals surface area contributed by atoms with Crippen LogP contribution in [-0.2, 0) is 16.7 Å². The average molecular weight is 395 g/mol. The molecule has 0 amide bonds. The molecule has 3 heteroatoms. The van der Waals surface area contributed by atoms with E-state index in [1.165, 1.54) is 22.4 Å². The van der Waals surface area contributed by atoms with Crippen LogP contribution < -0.4 is 10.2 Å². The fraction of sp³-hybridized carbons (Fsp3) is 0.538. The number of nitrogens with zero attached hydrogens (tertiary/aromatic N) is 1. The summed E-state index contributed by atoms with van der Waals surface area (Å²) in [7, 11) is 4.16. The minimum Gasteiger partial charge on any atom is -0.378 e. The molecule has 0 unspecified atom stereocenters. The van der Waals surface area contributed by atoms with Gasteiger partial charge in [0.15, 0.2) is 0 Å². The van der Waals surface area contributed by atoms with Gasteiger partial charge in [0.25, 0.3) is 0 Å². The van der Waals surface area contributed by atoms with Crippen LogP contribution in [0.2, 0.25) is 0 Å². The predicted octanol–water partition coefficient (Wildman–Crippen LogP) is 5.46. The minimum atomic E-state index is -0.0227. The van der Waals surface area contributed by atoms with Crippen molar-refractivity contribution >= 4 is 5.69 Å². The van der Waals surface area contributed by atoms with Crippen molar-refractivity contribution in [3.05, 3.63) is 65.2 Å². The Labute approximate surface area is 177 Å². The van der Waals surface area contributed by atoms with Crippen molar-refractivity contribution in [2.75, 3.05) is 32.1 Å². The van der Waals surface area contributed by atoms with Crippen molar-refractivity contribution in [1.82, 2.24) is 5.32 Å². The van der Waals surface area contributed by atoms with Gasteiger partial charge in [-0.25, -0.2) is 0 Å². The fourth-order valence-corrected chi connectivity index (χ4v) is 4.56. The first-order chi connectivity index (χ1) is 13.9. The van der Waals surface area contributed by atoms with Gasteiger partial charge >= 0.3 is 0 Å². The summed E-state index contributed by atoms with van der Waals surface area (Å²) in [4.78, 5) is 2.14. The summed E-state index contributed by atoms with van der Waals surface area (Å²) >= 11 is 0. The van der Waals surface area contributed by atoms with Crippen LogP contribution in [0.1, 0.15) is 56.2 Å². The molecular formula is C26H38N2O. The first kappa shape index (κ1) is 21.9. The number of hydrogen-bond acceptors (Lipinski definition) is 3. The Balaban J connectivity index is 1.66. The lowest BCUT2D eigenvalue weighted by Gasteiger charge is -2.47. The van der Waals surface area contributed by atoms with Crippen LogP contribution in [0, 0.1) is 6.92 Å². The minimum absolute atomic E-state index is 0.0227. The summed E-state index contributed by atoms with van der Waals surface area (Å²) in [6, 6.07) is 18.0. The van der Waals surface area contributed by atoms with E-state index in [1.807, 2.05) is 0 Å². The van der Waals surface area contributed by atoms with E-state index in [0.717, 1.165) is 45.4 Å². The molecule has 0 radical (unpaired) electrons. The summed E-state index contributed by atoms with van der Waals surface area (Å²) in [6.07, 6.45) is 4.40. The van der Waals surface area contributed by atoms with Crippen LogP contribution in [0.25, 0.3) is 0 Å². The largest absolute Gasteiger partial charge is 0.378 e. The highest BCUT2D eigenvalue weighted by Gasteiger charge is 2.43. The quantitative estimate of drug-likeness (QED) is 0.602. The number of nitrogens with one attached hydrogen (secondary N) is 1. The van der Waals surface area contributed by atoms with E-state index in [9.17, 15) is 0 Å². The number of ether oxygens (including phenoxy) is 1. The Morgan fingerprint density at radius 1 is 1.03 bits per heavy atom. The van der Waals surface area contributed by atoms with Crippen LogP contribution in [-0.4, -0.2) is 32.8 Å². The van der Waals surface area contributed by atoms with Gasteiger partial charge in [-0.3, -0.25) is 0 Å². The molecule has 0 spiro atoms. The Kier molecular flexibility index (Phi) is 7.02. The Bertz CT molecular complexity index is 768. The van der Waals surface area contributed by atoms with Gasteiger partial charge in [-0.15, -0.1) is 0 Å². The van der Waals surface area contributed by atoms with Crippen LogP contribution in [0.15, 0.2) is 48.5 Å². The molecule has 29 heavy (non-hydrogen) atoms. The molecule has 0 saturated carbocycles. The molecule has 1 aliphatic heterocycles. The van der Waals surface area contributed by atoms with Crippen molar-refractivity contribution in [2.24, 2.45) is 0 Å². The third-order valence-electron chi connectivity index (χ3n) is 6.72. The standard InChI is InChI=1S/C26H38N2O/c1-6-25(3)20-26(16-18-29-25,23-11-7-21(2)8-12-23)15-17-27-19-22-9-13-24(14-10-22)28(4)5/h7-14,27H,6,15-20H2,1-5H3/t25-,26-/m0/s1. The zero-order chi connectivity index (χ0) is 20.9. The molecule has 2 aromatic rings. The van der Waals surface area contributed by atoms with Crippen molar-refractivity contribution in [3.8, 4) is 0 Å². The van der Waals surface area contributed by atoms with E-state index in [4.69, 9.17) is 4.74 Å². The summed E-state index contributed by atoms with van der Waals surface area (Å²) in [5.41, 5.74) is 5.55. The average Bonchev–Trinajstić information content (AvgIpc) is 2.72. The highest BCUT2D eigenvalue weighted by Crippen LogP contribution is 2.45. The second-order valence-corrected chi connectivity index (χ2v) is 9.21. The van der Waals surface area contributed by atoms with Crippen molar-refractivity contribution in [1.29, 1.82) is 0 Å².